The van der Waals surface area contributed by atoms with Crippen molar-refractivity contribution in [2.24, 2.45) is 0 Å². The molecule has 4 N–H and O–H groups in total. The smallest absolute Gasteiger partial charge is 0.278 e. The van der Waals surface area contributed by atoms with Crippen molar-refractivity contribution in [1.29, 1.82) is 0 Å². The molecule has 0 radical (unpaired) electrons. The zero-order valence-electron chi connectivity index (χ0n) is 11.5. The summed E-state index contributed by atoms with van der Waals surface area (Å²) in [5, 5.41) is 9.63. The van der Waals surface area contributed by atoms with Gasteiger partial charge in [-0.3, -0.25) is 9.89 Å². The third-order valence-corrected chi connectivity index (χ3v) is 3.64. The zero-order chi connectivity index (χ0) is 14.7. The lowest BCUT2D eigenvalue weighted by molar-refractivity contribution is 0.102. The van der Waals surface area contributed by atoms with Crippen LogP contribution >= 0.6 is 15.9 Å². The topological polar surface area (TPSA) is 83.8 Å². The van der Waals surface area contributed by atoms with Crippen LogP contribution in [0, 0.1) is 0 Å². The number of H-pyrrole nitrogens is 1. The van der Waals surface area contributed by atoms with Crippen LogP contribution in [0.3, 0.4) is 0 Å². The highest BCUT2D eigenvalue weighted by molar-refractivity contribution is 9.10. The summed E-state index contributed by atoms with van der Waals surface area (Å²) < 4.78 is 0.986. The Balaban J connectivity index is 2.25. The Labute approximate surface area is 126 Å². The van der Waals surface area contributed by atoms with Crippen LogP contribution < -0.4 is 11.1 Å². The van der Waals surface area contributed by atoms with Crippen molar-refractivity contribution in [3.05, 3.63) is 39.6 Å². The predicted octanol–water partition coefficient (Wildman–Crippen LogP) is 3.13. The van der Waals surface area contributed by atoms with E-state index in [0.717, 1.165) is 27.8 Å². The number of amides is 1. The standard InChI is InChI=1S/C14H17BrN4O/c1-3-8-7-9(15)5-6-11(8)17-14(20)13-12(16)10(4-2)18-19-13/h5-7H,3-4,16H2,1-2H3,(H,17,20)(H,18,19). The average molecular weight is 337 g/mol. The number of carbonyl (C=O) groups is 1. The van der Waals surface area contributed by atoms with Crippen LogP contribution in [-0.2, 0) is 12.8 Å². The maximum absolute atomic E-state index is 12.2. The molecule has 0 bridgehead atoms. The van der Waals surface area contributed by atoms with E-state index in [2.05, 4.69) is 31.4 Å². The molecule has 0 aliphatic carbocycles. The Hall–Kier alpha value is -1.82. The second-order valence-corrected chi connectivity index (χ2v) is 5.34. The molecule has 2 rings (SSSR count). The van der Waals surface area contributed by atoms with Crippen molar-refractivity contribution in [2.75, 3.05) is 11.1 Å². The second-order valence-electron chi connectivity index (χ2n) is 4.43. The average Bonchev–Trinajstić information content (AvgIpc) is 2.81. The van der Waals surface area contributed by atoms with Gasteiger partial charge in [0.05, 0.1) is 11.4 Å². The summed E-state index contributed by atoms with van der Waals surface area (Å²) in [7, 11) is 0. The molecule has 0 fully saturated rings. The van der Waals surface area contributed by atoms with E-state index in [1.807, 2.05) is 32.0 Å². The Kier molecular flexibility index (Phi) is 4.44. The highest BCUT2D eigenvalue weighted by Crippen LogP contribution is 2.23. The highest BCUT2D eigenvalue weighted by Gasteiger charge is 2.17. The normalized spacial score (nSPS) is 10.6. The van der Waals surface area contributed by atoms with Crippen LogP contribution in [0.1, 0.15) is 35.6 Å². The fourth-order valence-electron chi connectivity index (χ4n) is 1.99. The van der Waals surface area contributed by atoms with Crippen LogP contribution in [0.15, 0.2) is 22.7 Å². The Morgan fingerprint density at radius 1 is 1.40 bits per heavy atom. The minimum absolute atomic E-state index is 0.242. The van der Waals surface area contributed by atoms with Crippen molar-refractivity contribution in [1.82, 2.24) is 10.2 Å². The van der Waals surface area contributed by atoms with Gasteiger partial charge in [0.25, 0.3) is 5.91 Å². The number of nitrogens with one attached hydrogen (secondary N) is 2. The van der Waals surface area contributed by atoms with Gasteiger partial charge in [-0.2, -0.15) is 5.10 Å². The summed E-state index contributed by atoms with van der Waals surface area (Å²) in [5.74, 6) is -0.296. The summed E-state index contributed by atoms with van der Waals surface area (Å²) in [5.41, 5.74) is 9.17. The molecule has 0 spiro atoms. The van der Waals surface area contributed by atoms with E-state index in [9.17, 15) is 4.79 Å². The van der Waals surface area contributed by atoms with E-state index in [1.165, 1.54) is 0 Å². The Bertz CT molecular complexity index is 636. The third kappa shape index (κ3) is 2.85. The molecule has 1 aromatic heterocycles. The summed E-state index contributed by atoms with van der Waals surface area (Å²) in [6, 6.07) is 5.74. The lowest BCUT2D eigenvalue weighted by Gasteiger charge is -2.09. The van der Waals surface area contributed by atoms with Gasteiger partial charge in [0, 0.05) is 10.2 Å². The first kappa shape index (κ1) is 14.6. The largest absolute Gasteiger partial charge is 0.395 e. The number of nitrogen functional groups attached to an aromatic ring is 1. The fourth-order valence-corrected chi connectivity index (χ4v) is 2.40. The number of hydrogen-bond donors (Lipinski definition) is 3. The van der Waals surface area contributed by atoms with Crippen LogP contribution in [0.5, 0.6) is 0 Å². The number of aryl methyl sites for hydroxylation is 2. The van der Waals surface area contributed by atoms with Gasteiger partial charge in [0.1, 0.15) is 0 Å². The number of rotatable bonds is 4. The molecule has 1 heterocycles. The van der Waals surface area contributed by atoms with Gasteiger partial charge in [-0.05, 0) is 36.6 Å². The number of anilines is 2. The van der Waals surface area contributed by atoms with Gasteiger partial charge in [-0.15, -0.1) is 0 Å². The van der Waals surface area contributed by atoms with Crippen molar-refractivity contribution >= 4 is 33.2 Å². The van der Waals surface area contributed by atoms with Crippen molar-refractivity contribution < 1.29 is 4.79 Å². The lowest BCUT2D eigenvalue weighted by atomic mass is 10.1. The van der Waals surface area contributed by atoms with Gasteiger partial charge in [-0.1, -0.05) is 29.8 Å². The van der Waals surface area contributed by atoms with Gasteiger partial charge >= 0.3 is 0 Å². The first-order chi connectivity index (χ1) is 9.56. The maximum atomic E-state index is 12.2. The van der Waals surface area contributed by atoms with Gasteiger partial charge in [0.2, 0.25) is 0 Å². The molecule has 106 valence electrons. The number of aromatic nitrogens is 2. The fraction of sp³-hybridized carbons (Fsp3) is 0.286. The third-order valence-electron chi connectivity index (χ3n) is 3.15. The minimum Gasteiger partial charge on any atom is -0.395 e. The van der Waals surface area contributed by atoms with Crippen LogP contribution in [0.4, 0.5) is 11.4 Å². The zero-order valence-corrected chi connectivity index (χ0v) is 13.0. The number of aromatic amines is 1. The molecule has 5 nitrogen and oxygen atoms in total. The second kappa shape index (κ2) is 6.09. The van der Waals surface area contributed by atoms with E-state index in [1.54, 1.807) is 0 Å². The summed E-state index contributed by atoms with van der Waals surface area (Å²) in [4.78, 5) is 12.2. The Morgan fingerprint density at radius 2 is 2.15 bits per heavy atom. The number of halogens is 1. The molecule has 6 heteroatoms. The number of hydrogen-bond acceptors (Lipinski definition) is 3. The van der Waals surface area contributed by atoms with E-state index in [-0.39, 0.29) is 11.6 Å². The number of benzene rings is 1. The maximum Gasteiger partial charge on any atom is 0.278 e. The monoisotopic (exact) mass is 336 g/mol. The van der Waals surface area contributed by atoms with Crippen molar-refractivity contribution in [2.45, 2.75) is 26.7 Å². The molecule has 0 aliphatic heterocycles. The number of carbonyl (C=O) groups excluding carboxylic acids is 1. The molecule has 1 aromatic carbocycles. The van der Waals surface area contributed by atoms with Gasteiger partial charge < -0.3 is 11.1 Å². The number of nitrogens with zero attached hydrogens (tertiary/aromatic N) is 1. The SMILES string of the molecule is CCc1cc(Br)ccc1NC(=O)c1n[nH]c(CC)c1N. The molecule has 20 heavy (non-hydrogen) atoms. The molecule has 0 unspecified atom stereocenters. The summed E-state index contributed by atoms with van der Waals surface area (Å²) in [6.45, 7) is 3.99. The van der Waals surface area contributed by atoms with Crippen molar-refractivity contribution in [3.8, 4) is 0 Å². The summed E-state index contributed by atoms with van der Waals surface area (Å²) in [6.07, 6.45) is 1.54. The van der Waals surface area contributed by atoms with Crippen molar-refractivity contribution in [3.63, 3.8) is 0 Å². The molecule has 0 aliphatic rings. The molecular formula is C14H17BrN4O. The van der Waals surface area contributed by atoms with E-state index in [4.69, 9.17) is 5.73 Å². The van der Waals surface area contributed by atoms with Crippen LogP contribution in [-0.4, -0.2) is 16.1 Å². The molecule has 0 saturated heterocycles. The van der Waals surface area contributed by atoms with Gasteiger partial charge in [0.15, 0.2) is 5.69 Å². The molecular weight excluding hydrogens is 320 g/mol. The molecule has 1 amide bonds. The van der Waals surface area contributed by atoms with E-state index < -0.39 is 0 Å². The molecule has 0 atom stereocenters. The minimum atomic E-state index is -0.296. The molecule has 2 aromatic rings. The number of nitrogens with two attached hydrogens (primary N) is 1. The Morgan fingerprint density at radius 3 is 2.75 bits per heavy atom. The van der Waals surface area contributed by atoms with Crippen LogP contribution in [0.2, 0.25) is 0 Å². The highest BCUT2D eigenvalue weighted by atomic mass is 79.9. The quantitative estimate of drug-likeness (QED) is 0.801. The van der Waals surface area contributed by atoms with E-state index in [0.29, 0.717) is 12.1 Å². The predicted molar refractivity (Wildman–Crippen MR) is 83.9 cm³/mol. The first-order valence-electron chi connectivity index (χ1n) is 6.49. The van der Waals surface area contributed by atoms with E-state index >= 15 is 0 Å². The molecule has 0 saturated carbocycles. The summed E-state index contributed by atoms with van der Waals surface area (Å²) >= 11 is 3.42. The first-order valence-corrected chi connectivity index (χ1v) is 7.28. The van der Waals surface area contributed by atoms with Gasteiger partial charge in [-0.25, -0.2) is 0 Å². The lowest BCUT2D eigenvalue weighted by Crippen LogP contribution is -2.15. The van der Waals surface area contributed by atoms with Crippen LogP contribution in [0.25, 0.3) is 0 Å².